The van der Waals surface area contributed by atoms with E-state index >= 15 is 0 Å². The lowest BCUT2D eigenvalue weighted by molar-refractivity contribution is -0.00430. The molecule has 21 heavy (non-hydrogen) atoms. The van der Waals surface area contributed by atoms with Gasteiger partial charge in [-0.2, -0.15) is 15.8 Å². The van der Waals surface area contributed by atoms with Crippen LogP contribution in [0.1, 0.15) is 19.4 Å². The topological polar surface area (TPSA) is 80.6 Å². The quantitative estimate of drug-likeness (QED) is 0.834. The van der Waals surface area contributed by atoms with Crippen molar-refractivity contribution in [3.05, 3.63) is 41.2 Å². The molecule has 0 amide bonds. The zero-order valence-electron chi connectivity index (χ0n) is 11.6. The van der Waals surface area contributed by atoms with E-state index in [1.807, 2.05) is 18.2 Å². The second-order valence-corrected chi connectivity index (χ2v) is 5.19. The Labute approximate surface area is 122 Å². The number of hydrogen-bond acceptors (Lipinski definition) is 4. The van der Waals surface area contributed by atoms with Crippen LogP contribution in [0.15, 0.2) is 29.8 Å². The molecule has 0 saturated carbocycles. The first-order valence-corrected chi connectivity index (χ1v) is 6.32. The van der Waals surface area contributed by atoms with Crippen LogP contribution in [-0.2, 0) is 4.74 Å². The average molecular weight is 281 g/mol. The molecule has 2 rings (SSSR count). The summed E-state index contributed by atoms with van der Waals surface area (Å²) in [5.41, 5.74) is 0.653. The Morgan fingerprint density at radius 3 is 2.19 bits per heavy atom. The van der Waals surface area contributed by atoms with Crippen molar-refractivity contribution in [2.45, 2.75) is 25.6 Å². The number of nitrogens with zero attached hydrogens (tertiary/aromatic N) is 3. The summed E-state index contributed by atoms with van der Waals surface area (Å²) in [6.45, 7) is 3.52. The maximum atomic E-state index is 13.1. The summed E-state index contributed by atoms with van der Waals surface area (Å²) in [5.74, 6) is -1.44. The molecular formula is C16H12FN3O. The van der Waals surface area contributed by atoms with Crippen LogP contribution in [0.3, 0.4) is 0 Å². The third kappa shape index (κ3) is 2.50. The number of nitriles is 3. The van der Waals surface area contributed by atoms with Crippen LogP contribution in [0.25, 0.3) is 5.57 Å². The lowest BCUT2D eigenvalue weighted by Crippen LogP contribution is -2.27. The lowest BCUT2D eigenvalue weighted by Gasteiger charge is -2.24. The highest BCUT2D eigenvalue weighted by Gasteiger charge is 2.44. The van der Waals surface area contributed by atoms with E-state index in [1.54, 1.807) is 26.0 Å². The van der Waals surface area contributed by atoms with Gasteiger partial charge in [0.25, 0.3) is 0 Å². The van der Waals surface area contributed by atoms with E-state index in [0.717, 1.165) is 0 Å². The minimum atomic E-state index is -1.06. The van der Waals surface area contributed by atoms with Crippen molar-refractivity contribution >= 4 is 5.57 Å². The molecule has 0 radical (unpaired) electrons. The van der Waals surface area contributed by atoms with Crippen molar-refractivity contribution in [1.82, 2.24) is 0 Å². The highest BCUT2D eigenvalue weighted by atomic mass is 19.1. The van der Waals surface area contributed by atoms with Gasteiger partial charge in [-0.3, -0.25) is 0 Å². The summed E-state index contributed by atoms with van der Waals surface area (Å²) in [5, 5.41) is 27.5. The van der Waals surface area contributed by atoms with Crippen molar-refractivity contribution in [2.75, 3.05) is 0 Å². The van der Waals surface area contributed by atoms with Gasteiger partial charge in [-0.15, -0.1) is 0 Å². The lowest BCUT2D eigenvalue weighted by atomic mass is 9.87. The molecule has 1 aliphatic rings. The Hall–Kier alpha value is -2.68. The summed E-state index contributed by atoms with van der Waals surface area (Å²) >= 11 is 0. The van der Waals surface area contributed by atoms with E-state index < -0.39 is 17.6 Å². The van der Waals surface area contributed by atoms with Crippen molar-refractivity contribution < 1.29 is 9.13 Å². The number of halogens is 1. The van der Waals surface area contributed by atoms with Crippen LogP contribution in [-0.4, -0.2) is 11.7 Å². The zero-order valence-corrected chi connectivity index (χ0v) is 11.6. The molecule has 0 saturated heterocycles. The Balaban J connectivity index is 2.61. The van der Waals surface area contributed by atoms with E-state index in [4.69, 9.17) is 15.3 Å². The minimum absolute atomic E-state index is 0.250. The molecule has 1 heterocycles. The average Bonchev–Trinajstić information content (AvgIpc) is 2.72. The molecule has 104 valence electrons. The third-order valence-electron chi connectivity index (χ3n) is 3.41. The normalized spacial score (nSPS) is 20.0. The van der Waals surface area contributed by atoms with Crippen LogP contribution < -0.4 is 0 Å². The summed E-state index contributed by atoms with van der Waals surface area (Å²) in [4.78, 5) is 0. The number of rotatable bonds is 2. The van der Waals surface area contributed by atoms with E-state index in [9.17, 15) is 9.65 Å². The highest BCUT2D eigenvalue weighted by molar-refractivity contribution is 5.80. The van der Waals surface area contributed by atoms with Gasteiger partial charge in [0.15, 0.2) is 5.92 Å². The Morgan fingerprint density at radius 2 is 1.71 bits per heavy atom. The van der Waals surface area contributed by atoms with Crippen molar-refractivity contribution in [3.8, 4) is 18.2 Å². The number of benzene rings is 1. The maximum Gasteiger partial charge on any atom is 0.164 e. The first kappa shape index (κ1) is 14.7. The fraction of sp³-hybridized carbons (Fsp3) is 0.312. The number of hydrogen-bond donors (Lipinski definition) is 0. The second-order valence-electron chi connectivity index (χ2n) is 5.19. The molecule has 5 heteroatoms. The van der Waals surface area contributed by atoms with Crippen LogP contribution in [0.4, 0.5) is 4.39 Å². The molecule has 1 aromatic carbocycles. The molecule has 0 fully saturated rings. The monoisotopic (exact) mass is 281 g/mol. The first-order chi connectivity index (χ1) is 9.94. The Morgan fingerprint density at radius 1 is 1.14 bits per heavy atom. The van der Waals surface area contributed by atoms with E-state index in [0.29, 0.717) is 11.1 Å². The van der Waals surface area contributed by atoms with Crippen LogP contribution in [0.5, 0.6) is 0 Å². The number of ether oxygens (including phenoxy) is 1. The fourth-order valence-corrected chi connectivity index (χ4v) is 2.54. The molecule has 0 bridgehead atoms. The first-order valence-electron chi connectivity index (χ1n) is 6.32. The predicted molar refractivity (Wildman–Crippen MR) is 72.6 cm³/mol. The summed E-state index contributed by atoms with van der Waals surface area (Å²) in [6.07, 6.45) is -0.889. The fourth-order valence-electron chi connectivity index (χ4n) is 2.54. The van der Waals surface area contributed by atoms with E-state index in [-0.39, 0.29) is 11.4 Å². The molecule has 1 atom stereocenters. The van der Waals surface area contributed by atoms with E-state index in [2.05, 4.69) is 0 Å². The smallest absolute Gasteiger partial charge is 0.164 e. The zero-order chi connectivity index (χ0) is 15.6. The van der Waals surface area contributed by atoms with Crippen LogP contribution in [0, 0.1) is 45.7 Å². The molecule has 1 unspecified atom stereocenters. The van der Waals surface area contributed by atoms with Crippen LogP contribution >= 0.6 is 0 Å². The summed E-state index contributed by atoms with van der Waals surface area (Å²) in [7, 11) is 0. The molecule has 0 spiro atoms. The molecular weight excluding hydrogens is 269 g/mol. The summed E-state index contributed by atoms with van der Waals surface area (Å²) < 4.78 is 18.8. The highest BCUT2D eigenvalue weighted by Crippen LogP contribution is 2.43. The van der Waals surface area contributed by atoms with Crippen molar-refractivity contribution in [3.63, 3.8) is 0 Å². The summed E-state index contributed by atoms with van der Waals surface area (Å²) in [6, 6.07) is 11.4. The molecule has 0 N–H and O–H groups in total. The van der Waals surface area contributed by atoms with Gasteiger partial charge in [-0.1, -0.05) is 12.1 Å². The molecule has 0 aromatic heterocycles. The Kier molecular flexibility index (Phi) is 3.76. The van der Waals surface area contributed by atoms with E-state index in [1.165, 1.54) is 12.1 Å². The largest absolute Gasteiger partial charge is 0.360 e. The predicted octanol–water partition coefficient (Wildman–Crippen LogP) is 2.94. The van der Waals surface area contributed by atoms with Gasteiger partial charge in [0.1, 0.15) is 11.9 Å². The molecule has 1 aliphatic heterocycles. The van der Waals surface area contributed by atoms with Crippen molar-refractivity contribution in [1.29, 1.82) is 15.8 Å². The standard InChI is InChI=1S/C16H12FN3O/c1-16(2)14(10-3-5-12(17)6-4-10)13(9-20)15(21-16)11(7-18)8-19/h3-6,11,15H,1-2H3. The maximum absolute atomic E-state index is 13.1. The third-order valence-corrected chi connectivity index (χ3v) is 3.41. The minimum Gasteiger partial charge on any atom is -0.360 e. The van der Waals surface area contributed by atoms with Gasteiger partial charge >= 0.3 is 0 Å². The van der Waals surface area contributed by atoms with Gasteiger partial charge in [0.2, 0.25) is 0 Å². The molecule has 1 aromatic rings. The van der Waals surface area contributed by atoms with Gasteiger partial charge in [0.05, 0.1) is 29.4 Å². The van der Waals surface area contributed by atoms with Gasteiger partial charge in [-0.05, 0) is 31.5 Å². The van der Waals surface area contributed by atoms with Gasteiger partial charge in [-0.25, -0.2) is 4.39 Å². The Bertz CT molecular complexity index is 700. The van der Waals surface area contributed by atoms with Gasteiger partial charge < -0.3 is 4.74 Å². The van der Waals surface area contributed by atoms with Crippen molar-refractivity contribution in [2.24, 2.45) is 5.92 Å². The SMILES string of the molecule is CC1(C)OC(C(C#N)C#N)C(C#N)=C1c1ccc(F)cc1. The second kappa shape index (κ2) is 5.37. The molecule has 4 nitrogen and oxygen atoms in total. The molecule has 0 aliphatic carbocycles. The van der Waals surface area contributed by atoms with Gasteiger partial charge in [0, 0.05) is 5.57 Å². The van der Waals surface area contributed by atoms with Crippen LogP contribution in [0.2, 0.25) is 0 Å².